The van der Waals surface area contributed by atoms with E-state index in [1.165, 1.54) is 0 Å². The first-order valence-electron chi connectivity index (χ1n) is 4.52. The van der Waals surface area contributed by atoms with E-state index < -0.39 is 11.9 Å². The number of aromatic carboxylic acids is 1. The first-order valence-corrected chi connectivity index (χ1v) is 4.52. The van der Waals surface area contributed by atoms with Crippen molar-refractivity contribution in [3.05, 3.63) is 35.9 Å². The number of aromatic nitrogens is 2. The Morgan fingerprint density at radius 3 is 2.88 bits per heavy atom. The Morgan fingerprint density at radius 2 is 2.29 bits per heavy atom. The molecule has 2 rings (SSSR count). The van der Waals surface area contributed by atoms with E-state index in [1.54, 1.807) is 0 Å². The molecule has 2 aromatic rings. The van der Waals surface area contributed by atoms with Crippen molar-refractivity contribution < 1.29 is 23.6 Å². The maximum atomic E-state index is 11.5. The maximum Gasteiger partial charge on any atom is 0.338 e. The summed E-state index contributed by atoms with van der Waals surface area (Å²) < 4.78 is 9.28. The largest absolute Gasteiger partial charge is 0.478 e. The fraction of sp³-hybridized carbons (Fsp3) is 0.111. The highest BCUT2D eigenvalue weighted by atomic mass is 16.5. The minimum Gasteiger partial charge on any atom is -0.478 e. The van der Waals surface area contributed by atoms with Gasteiger partial charge in [-0.25, -0.2) is 4.79 Å². The van der Waals surface area contributed by atoms with Gasteiger partial charge in [-0.1, -0.05) is 5.16 Å². The van der Waals surface area contributed by atoms with E-state index in [0.717, 1.165) is 18.7 Å². The highest BCUT2D eigenvalue weighted by Gasteiger charge is 2.14. The van der Waals surface area contributed by atoms with E-state index in [2.05, 4.69) is 20.0 Å². The van der Waals surface area contributed by atoms with Crippen LogP contribution in [0.1, 0.15) is 26.7 Å². The highest BCUT2D eigenvalue weighted by molar-refractivity contribution is 5.95. The summed E-state index contributed by atoms with van der Waals surface area (Å²) in [6.07, 6.45) is 2.13. The van der Waals surface area contributed by atoms with Crippen molar-refractivity contribution in [2.45, 2.75) is 6.54 Å². The van der Waals surface area contributed by atoms with Crippen molar-refractivity contribution in [3.63, 3.8) is 0 Å². The molecule has 0 aliphatic heterocycles. The molecule has 2 heterocycles. The molecule has 0 radical (unpaired) electrons. The van der Waals surface area contributed by atoms with Gasteiger partial charge in [0, 0.05) is 6.07 Å². The smallest absolute Gasteiger partial charge is 0.338 e. The number of amides is 1. The van der Waals surface area contributed by atoms with Gasteiger partial charge in [-0.2, -0.15) is 4.98 Å². The molecule has 0 aliphatic rings. The number of nitrogens with zero attached hydrogens (tertiary/aromatic N) is 2. The van der Waals surface area contributed by atoms with Gasteiger partial charge < -0.3 is 19.4 Å². The number of nitrogens with one attached hydrogen (secondary N) is 1. The number of carboxylic acid groups (broad SMARTS) is 1. The average Bonchev–Trinajstić information content (AvgIpc) is 2.96. The fourth-order valence-corrected chi connectivity index (χ4v) is 1.08. The summed E-state index contributed by atoms with van der Waals surface area (Å²) in [5, 5.41) is 14.6. The molecule has 0 aromatic carbocycles. The van der Waals surface area contributed by atoms with Crippen LogP contribution >= 0.6 is 0 Å². The third-order valence-corrected chi connectivity index (χ3v) is 1.88. The number of hydrogen-bond acceptors (Lipinski definition) is 6. The van der Waals surface area contributed by atoms with Gasteiger partial charge in [0.05, 0.1) is 12.1 Å². The predicted octanol–water partition coefficient (Wildman–Crippen LogP) is 0.291. The molecule has 0 atom stereocenters. The molecule has 0 saturated heterocycles. The van der Waals surface area contributed by atoms with Crippen LogP contribution in [0, 0.1) is 0 Å². The molecule has 0 spiro atoms. The van der Waals surface area contributed by atoms with E-state index >= 15 is 0 Å². The van der Waals surface area contributed by atoms with Gasteiger partial charge in [-0.15, -0.1) is 0 Å². The maximum absolute atomic E-state index is 11.5. The molecule has 0 bridgehead atoms. The summed E-state index contributed by atoms with van der Waals surface area (Å²) in [6, 6.07) is 1.13. The number of hydrogen-bond donors (Lipinski definition) is 2. The molecule has 0 fully saturated rings. The zero-order valence-electron chi connectivity index (χ0n) is 8.41. The summed E-state index contributed by atoms with van der Waals surface area (Å²) in [4.78, 5) is 25.7. The number of carboxylic acids is 1. The average molecular weight is 237 g/mol. The Morgan fingerprint density at radius 1 is 1.47 bits per heavy atom. The lowest BCUT2D eigenvalue weighted by Crippen LogP contribution is -2.22. The van der Waals surface area contributed by atoms with E-state index in [9.17, 15) is 9.59 Å². The second kappa shape index (κ2) is 4.47. The Balaban J connectivity index is 1.97. The molecule has 2 aromatic heterocycles. The second-order valence-corrected chi connectivity index (χ2v) is 3.03. The number of furan rings is 1. The van der Waals surface area contributed by atoms with Gasteiger partial charge in [0.2, 0.25) is 6.39 Å². The number of carbonyl (C=O) groups is 2. The molecule has 1 amide bonds. The van der Waals surface area contributed by atoms with Crippen LogP contribution in [0.2, 0.25) is 0 Å². The standard InChI is InChI=1S/C9H7N3O5/c13-8(10-2-7-11-4-17-12-7)6-1-5(3-16-6)9(14)15/h1,3-4H,2H2,(H,10,13)(H,14,15). The van der Waals surface area contributed by atoms with Gasteiger partial charge in [0.1, 0.15) is 6.26 Å². The molecule has 8 nitrogen and oxygen atoms in total. The summed E-state index contributed by atoms with van der Waals surface area (Å²) in [7, 11) is 0. The van der Waals surface area contributed by atoms with Crippen molar-refractivity contribution in [2.75, 3.05) is 0 Å². The molecule has 17 heavy (non-hydrogen) atoms. The summed E-state index contributed by atoms with van der Waals surface area (Å²) in [5.74, 6) is -1.50. The monoisotopic (exact) mass is 237 g/mol. The topological polar surface area (TPSA) is 118 Å². The Kier molecular flexibility index (Phi) is 2.86. The van der Waals surface area contributed by atoms with Crippen molar-refractivity contribution in [1.82, 2.24) is 15.5 Å². The highest BCUT2D eigenvalue weighted by Crippen LogP contribution is 2.07. The first kappa shape index (κ1) is 10.9. The molecule has 88 valence electrons. The first-order chi connectivity index (χ1) is 8.16. The van der Waals surface area contributed by atoms with Gasteiger partial charge in [-0.05, 0) is 0 Å². The summed E-state index contributed by atoms with van der Waals surface area (Å²) >= 11 is 0. The third kappa shape index (κ3) is 2.48. The van der Waals surface area contributed by atoms with Crippen LogP contribution in [0.4, 0.5) is 0 Å². The van der Waals surface area contributed by atoms with Gasteiger partial charge in [-0.3, -0.25) is 4.79 Å². The van der Waals surface area contributed by atoms with Crippen LogP contribution in [0.3, 0.4) is 0 Å². The van der Waals surface area contributed by atoms with Gasteiger partial charge in [0.15, 0.2) is 11.6 Å². The molecule has 8 heteroatoms. The van der Waals surface area contributed by atoms with Crippen molar-refractivity contribution in [3.8, 4) is 0 Å². The molecule has 2 N–H and O–H groups in total. The zero-order valence-corrected chi connectivity index (χ0v) is 8.41. The molecule has 0 aliphatic carbocycles. The molecular weight excluding hydrogens is 230 g/mol. The minimum atomic E-state index is -1.16. The van der Waals surface area contributed by atoms with Gasteiger partial charge in [0.25, 0.3) is 5.91 Å². The fourth-order valence-electron chi connectivity index (χ4n) is 1.08. The lowest BCUT2D eigenvalue weighted by molar-refractivity contribution is 0.0696. The van der Waals surface area contributed by atoms with Crippen LogP contribution in [0.25, 0.3) is 0 Å². The predicted molar refractivity (Wildman–Crippen MR) is 51.1 cm³/mol. The Bertz CT molecular complexity index is 531. The van der Waals surface area contributed by atoms with Crippen LogP contribution in [0.5, 0.6) is 0 Å². The zero-order chi connectivity index (χ0) is 12.3. The van der Waals surface area contributed by atoms with E-state index in [0.29, 0.717) is 5.82 Å². The summed E-state index contributed by atoms with van der Waals surface area (Å²) in [6.45, 7) is 0.0679. The molecule has 0 unspecified atom stereocenters. The Labute approximate surface area is 94.2 Å². The number of carbonyl (C=O) groups excluding carboxylic acids is 1. The molecule has 0 saturated carbocycles. The SMILES string of the molecule is O=C(O)c1coc(C(=O)NCc2ncon2)c1. The minimum absolute atomic E-state index is 0.0679. The van der Waals surface area contributed by atoms with Crippen molar-refractivity contribution >= 4 is 11.9 Å². The van der Waals surface area contributed by atoms with Crippen LogP contribution in [-0.4, -0.2) is 27.1 Å². The van der Waals surface area contributed by atoms with Crippen molar-refractivity contribution in [2.24, 2.45) is 0 Å². The van der Waals surface area contributed by atoms with Crippen molar-refractivity contribution in [1.29, 1.82) is 0 Å². The Hall–Kier alpha value is -2.64. The quantitative estimate of drug-likeness (QED) is 0.784. The second-order valence-electron chi connectivity index (χ2n) is 3.03. The summed E-state index contributed by atoms with van der Waals surface area (Å²) in [5.41, 5.74) is -0.0882. The van der Waals surface area contributed by atoms with Crippen LogP contribution in [-0.2, 0) is 6.54 Å². The van der Waals surface area contributed by atoms with E-state index in [4.69, 9.17) is 9.52 Å². The van der Waals surface area contributed by atoms with Crippen LogP contribution in [0.15, 0.2) is 27.7 Å². The van der Waals surface area contributed by atoms with E-state index in [1.807, 2.05) is 0 Å². The lowest BCUT2D eigenvalue weighted by atomic mass is 10.3. The normalized spacial score (nSPS) is 10.1. The van der Waals surface area contributed by atoms with Gasteiger partial charge >= 0.3 is 5.97 Å². The number of rotatable bonds is 4. The third-order valence-electron chi connectivity index (χ3n) is 1.88. The lowest BCUT2D eigenvalue weighted by Gasteiger charge is -1.97. The van der Waals surface area contributed by atoms with Crippen LogP contribution < -0.4 is 5.32 Å². The van der Waals surface area contributed by atoms with E-state index in [-0.39, 0.29) is 17.9 Å². The molecular formula is C9H7N3O5.